The Kier molecular flexibility index (Phi) is 6.90. The number of ketones is 1. The van der Waals surface area contributed by atoms with E-state index in [1.165, 1.54) is 11.3 Å². The number of thiophene rings is 1. The molecule has 2 rings (SSSR count). The normalized spacial score (nSPS) is 10.6. The number of amides is 1. The molecule has 122 valence electrons. The van der Waals surface area contributed by atoms with Gasteiger partial charge in [0.25, 0.3) is 0 Å². The fourth-order valence-corrected chi connectivity index (χ4v) is 3.48. The molecular weight excluding hydrogens is 377 g/mol. The molecule has 0 saturated carbocycles. The summed E-state index contributed by atoms with van der Waals surface area (Å²) in [5.41, 5.74) is 0.917. The third-order valence-corrected chi connectivity index (χ3v) is 5.02. The van der Waals surface area contributed by atoms with Crippen LogP contribution in [0.4, 0.5) is 0 Å². The molecule has 7 heteroatoms. The lowest BCUT2D eigenvalue weighted by Crippen LogP contribution is -2.26. The quantitative estimate of drug-likeness (QED) is 0.674. The number of nitrogens with one attached hydrogen (secondary N) is 1. The zero-order valence-corrected chi connectivity index (χ0v) is 15.2. The van der Waals surface area contributed by atoms with E-state index in [0.717, 1.165) is 5.56 Å². The second-order valence-electron chi connectivity index (χ2n) is 4.86. The molecule has 1 amide bonds. The molecule has 23 heavy (non-hydrogen) atoms. The lowest BCUT2D eigenvalue weighted by molar-refractivity contribution is -0.121. The summed E-state index contributed by atoms with van der Waals surface area (Å²) in [6.45, 7) is 0.458. The Hall–Kier alpha value is -1.07. The topological polar surface area (TPSA) is 46.2 Å². The largest absolute Gasteiger partial charge is 0.356 e. The Bertz CT molecular complexity index is 715. The number of hydrogen-bond acceptors (Lipinski definition) is 3. The monoisotopic (exact) mass is 389 g/mol. The van der Waals surface area contributed by atoms with Crippen molar-refractivity contribution in [2.75, 3.05) is 6.54 Å². The summed E-state index contributed by atoms with van der Waals surface area (Å²) in [6, 6.07) is 8.62. The van der Waals surface area contributed by atoms with Gasteiger partial charge < -0.3 is 5.32 Å². The maximum Gasteiger partial charge on any atom is 0.220 e. The van der Waals surface area contributed by atoms with E-state index in [2.05, 4.69) is 5.32 Å². The van der Waals surface area contributed by atoms with Crippen LogP contribution in [0.25, 0.3) is 0 Å². The van der Waals surface area contributed by atoms with Gasteiger partial charge in [-0.05, 0) is 36.2 Å². The van der Waals surface area contributed by atoms with Crippen LogP contribution < -0.4 is 5.32 Å². The van der Waals surface area contributed by atoms with Crippen LogP contribution >= 0.6 is 46.1 Å². The summed E-state index contributed by atoms with van der Waals surface area (Å²) in [6.07, 6.45) is 0.934. The Morgan fingerprint density at radius 3 is 2.48 bits per heavy atom. The molecule has 3 nitrogen and oxygen atoms in total. The van der Waals surface area contributed by atoms with Gasteiger partial charge in [-0.1, -0.05) is 40.9 Å². The summed E-state index contributed by atoms with van der Waals surface area (Å²) < 4.78 is 0.567. The molecule has 0 aliphatic rings. The first-order chi connectivity index (χ1) is 11.0. The third-order valence-electron chi connectivity index (χ3n) is 3.16. The summed E-state index contributed by atoms with van der Waals surface area (Å²) >= 11 is 18.9. The molecule has 1 aromatic carbocycles. The van der Waals surface area contributed by atoms with Gasteiger partial charge in [0.1, 0.15) is 0 Å². The maximum absolute atomic E-state index is 11.9. The number of Topliss-reactive ketones (excluding diaryl/α,β-unsaturated/α-hetero) is 1. The molecule has 0 atom stereocenters. The molecule has 0 unspecified atom stereocenters. The van der Waals surface area contributed by atoms with Gasteiger partial charge >= 0.3 is 0 Å². The predicted octanol–water partition coefficient (Wildman–Crippen LogP) is 5.03. The molecule has 0 saturated heterocycles. The molecule has 0 fully saturated rings. The van der Waals surface area contributed by atoms with Crippen molar-refractivity contribution in [2.24, 2.45) is 0 Å². The van der Waals surface area contributed by atoms with Crippen molar-refractivity contribution >= 4 is 57.8 Å². The first kappa shape index (κ1) is 18.3. The number of carbonyl (C=O) groups excluding carboxylic acids is 2. The third kappa shape index (κ3) is 5.81. The molecular formula is C16H14Cl3NO2S. The average Bonchev–Trinajstić information content (AvgIpc) is 2.93. The van der Waals surface area contributed by atoms with Gasteiger partial charge in [-0.3, -0.25) is 9.59 Å². The first-order valence-electron chi connectivity index (χ1n) is 6.95. The van der Waals surface area contributed by atoms with E-state index in [-0.39, 0.29) is 24.5 Å². The Morgan fingerprint density at radius 2 is 1.83 bits per heavy atom. The molecule has 1 heterocycles. The standard InChI is InChI=1S/C16H14Cl3NO2S/c17-11-2-1-10(12(18)9-11)7-8-20-16(22)6-3-13(21)14-4-5-15(19)23-14/h1-2,4-5,9H,3,6-8H2,(H,20,22). The zero-order valence-electron chi connectivity index (χ0n) is 12.1. The maximum atomic E-state index is 11.9. The lowest BCUT2D eigenvalue weighted by atomic mass is 10.1. The van der Waals surface area contributed by atoms with E-state index < -0.39 is 0 Å². The second-order valence-corrected chi connectivity index (χ2v) is 7.42. The first-order valence-corrected chi connectivity index (χ1v) is 8.90. The van der Waals surface area contributed by atoms with Crippen LogP contribution in [-0.4, -0.2) is 18.2 Å². The van der Waals surface area contributed by atoms with E-state index in [4.69, 9.17) is 34.8 Å². The van der Waals surface area contributed by atoms with Gasteiger partial charge in [-0.15, -0.1) is 11.3 Å². The van der Waals surface area contributed by atoms with E-state index in [0.29, 0.717) is 32.2 Å². The van der Waals surface area contributed by atoms with Crippen LogP contribution in [-0.2, 0) is 11.2 Å². The molecule has 0 aliphatic heterocycles. The van der Waals surface area contributed by atoms with Crippen molar-refractivity contribution < 1.29 is 9.59 Å². The highest BCUT2D eigenvalue weighted by Gasteiger charge is 2.11. The lowest BCUT2D eigenvalue weighted by Gasteiger charge is -2.07. The van der Waals surface area contributed by atoms with Gasteiger partial charge in [0.2, 0.25) is 5.91 Å². The molecule has 1 N–H and O–H groups in total. The number of carbonyl (C=O) groups is 2. The summed E-state index contributed by atoms with van der Waals surface area (Å²) in [7, 11) is 0. The Morgan fingerprint density at radius 1 is 1.04 bits per heavy atom. The number of halogens is 3. The van der Waals surface area contributed by atoms with E-state index in [9.17, 15) is 9.59 Å². The van der Waals surface area contributed by atoms with Gasteiger partial charge in [-0.25, -0.2) is 0 Å². The van der Waals surface area contributed by atoms with E-state index >= 15 is 0 Å². The van der Waals surface area contributed by atoms with Gasteiger partial charge in [0.15, 0.2) is 5.78 Å². The van der Waals surface area contributed by atoms with Crippen LogP contribution in [0.3, 0.4) is 0 Å². The van der Waals surface area contributed by atoms with Crippen LogP contribution in [0, 0.1) is 0 Å². The SMILES string of the molecule is O=C(CCC(=O)c1ccc(Cl)s1)NCCc1ccc(Cl)cc1Cl. The number of rotatable bonds is 7. The minimum absolute atomic E-state index is 0.0715. The van der Waals surface area contributed by atoms with Crippen LogP contribution in [0.2, 0.25) is 14.4 Å². The van der Waals surface area contributed by atoms with Gasteiger partial charge in [0.05, 0.1) is 9.21 Å². The van der Waals surface area contributed by atoms with Gasteiger partial charge in [-0.2, -0.15) is 0 Å². The summed E-state index contributed by atoms with van der Waals surface area (Å²) in [5, 5.41) is 3.94. The number of benzene rings is 1. The molecule has 0 aliphatic carbocycles. The van der Waals surface area contributed by atoms with Gasteiger partial charge in [0, 0.05) is 29.4 Å². The highest BCUT2D eigenvalue weighted by atomic mass is 35.5. The van der Waals surface area contributed by atoms with Crippen LogP contribution in [0.15, 0.2) is 30.3 Å². The predicted molar refractivity (Wildman–Crippen MR) is 96.1 cm³/mol. The minimum atomic E-state index is -0.161. The fraction of sp³-hybridized carbons (Fsp3) is 0.250. The van der Waals surface area contributed by atoms with E-state index in [1.807, 2.05) is 6.07 Å². The van der Waals surface area contributed by atoms with Crippen molar-refractivity contribution in [3.63, 3.8) is 0 Å². The molecule has 0 radical (unpaired) electrons. The number of hydrogen-bond donors (Lipinski definition) is 1. The fourth-order valence-electron chi connectivity index (χ4n) is 1.96. The smallest absolute Gasteiger partial charge is 0.220 e. The van der Waals surface area contributed by atoms with Crippen molar-refractivity contribution in [3.05, 3.63) is 55.2 Å². The van der Waals surface area contributed by atoms with Crippen molar-refractivity contribution in [2.45, 2.75) is 19.3 Å². The molecule has 1 aromatic heterocycles. The highest BCUT2D eigenvalue weighted by molar-refractivity contribution is 7.18. The van der Waals surface area contributed by atoms with E-state index in [1.54, 1.807) is 24.3 Å². The van der Waals surface area contributed by atoms with Crippen LogP contribution in [0.5, 0.6) is 0 Å². The van der Waals surface area contributed by atoms with Crippen molar-refractivity contribution in [3.8, 4) is 0 Å². The zero-order chi connectivity index (χ0) is 16.8. The molecule has 0 spiro atoms. The minimum Gasteiger partial charge on any atom is -0.356 e. The van der Waals surface area contributed by atoms with Crippen molar-refractivity contribution in [1.82, 2.24) is 5.32 Å². The molecule has 0 bridgehead atoms. The van der Waals surface area contributed by atoms with Crippen molar-refractivity contribution in [1.29, 1.82) is 0 Å². The Labute approximate surface area is 153 Å². The Balaban J connectivity index is 1.72. The van der Waals surface area contributed by atoms with Crippen LogP contribution in [0.1, 0.15) is 28.1 Å². The summed E-state index contributed by atoms with van der Waals surface area (Å²) in [4.78, 5) is 24.2. The average molecular weight is 391 g/mol. The second kappa shape index (κ2) is 8.69. The molecule has 2 aromatic rings. The highest BCUT2D eigenvalue weighted by Crippen LogP contribution is 2.23. The summed E-state index contributed by atoms with van der Waals surface area (Å²) in [5.74, 6) is -0.233.